The van der Waals surface area contributed by atoms with Crippen LogP contribution in [0.2, 0.25) is 0 Å². The van der Waals surface area contributed by atoms with Crippen LogP contribution in [0.15, 0.2) is 18.5 Å². The van der Waals surface area contributed by atoms with Crippen LogP contribution in [0.25, 0.3) is 0 Å². The number of rotatable bonds is 2. The molecule has 1 aromatic heterocycles. The smallest absolute Gasteiger partial charge is 0.146 e. The van der Waals surface area contributed by atoms with E-state index in [4.69, 9.17) is 5.73 Å². The molecule has 88 valence electrons. The van der Waals surface area contributed by atoms with Crippen molar-refractivity contribution in [2.24, 2.45) is 17.6 Å². The molecule has 0 spiro atoms. The van der Waals surface area contributed by atoms with Crippen molar-refractivity contribution in [1.29, 1.82) is 0 Å². The van der Waals surface area contributed by atoms with Crippen LogP contribution in [0.5, 0.6) is 0 Å². The molecule has 0 bridgehead atoms. The Morgan fingerprint density at radius 1 is 1.50 bits per heavy atom. The van der Waals surface area contributed by atoms with Crippen molar-refractivity contribution >= 4 is 0 Å². The van der Waals surface area contributed by atoms with Gasteiger partial charge in [0.1, 0.15) is 5.82 Å². The lowest BCUT2D eigenvalue weighted by molar-refractivity contribution is 0.245. The van der Waals surface area contributed by atoms with Crippen molar-refractivity contribution in [3.63, 3.8) is 0 Å². The molecule has 0 aliphatic heterocycles. The average molecular weight is 222 g/mol. The van der Waals surface area contributed by atoms with Crippen LogP contribution in [0, 0.1) is 17.7 Å². The second-order valence-electron chi connectivity index (χ2n) is 4.95. The average Bonchev–Trinajstić information content (AvgIpc) is 2.29. The lowest BCUT2D eigenvalue weighted by Crippen LogP contribution is -2.27. The summed E-state index contributed by atoms with van der Waals surface area (Å²) < 4.78 is 13.5. The minimum atomic E-state index is -0.270. The van der Waals surface area contributed by atoms with Crippen LogP contribution in [0.3, 0.4) is 0 Å². The summed E-state index contributed by atoms with van der Waals surface area (Å²) in [4.78, 5) is 3.76. The van der Waals surface area contributed by atoms with Gasteiger partial charge in [-0.25, -0.2) is 4.39 Å². The van der Waals surface area contributed by atoms with Gasteiger partial charge in [0, 0.05) is 17.8 Å². The van der Waals surface area contributed by atoms with Crippen LogP contribution in [0.1, 0.15) is 44.2 Å². The number of nitrogens with two attached hydrogens (primary N) is 1. The van der Waals surface area contributed by atoms with Crippen LogP contribution >= 0.6 is 0 Å². The molecule has 2 nitrogen and oxygen atoms in total. The third-order valence-electron chi connectivity index (χ3n) is 3.65. The van der Waals surface area contributed by atoms with Crippen LogP contribution < -0.4 is 5.73 Å². The van der Waals surface area contributed by atoms with E-state index in [-0.39, 0.29) is 11.9 Å². The molecule has 1 aliphatic rings. The van der Waals surface area contributed by atoms with Crippen molar-refractivity contribution in [3.8, 4) is 0 Å². The van der Waals surface area contributed by atoms with E-state index in [0.29, 0.717) is 11.5 Å². The first kappa shape index (κ1) is 11.5. The van der Waals surface area contributed by atoms with Crippen molar-refractivity contribution < 1.29 is 4.39 Å². The molecule has 1 aromatic rings. The second-order valence-corrected chi connectivity index (χ2v) is 4.95. The van der Waals surface area contributed by atoms with Gasteiger partial charge in [-0.1, -0.05) is 19.8 Å². The van der Waals surface area contributed by atoms with E-state index in [1.807, 2.05) is 0 Å². The zero-order chi connectivity index (χ0) is 11.5. The van der Waals surface area contributed by atoms with E-state index in [1.54, 1.807) is 12.3 Å². The lowest BCUT2D eigenvalue weighted by atomic mass is 9.77. The monoisotopic (exact) mass is 222 g/mol. The van der Waals surface area contributed by atoms with E-state index in [2.05, 4.69) is 11.9 Å². The Bertz CT molecular complexity index is 354. The van der Waals surface area contributed by atoms with Gasteiger partial charge in [-0.3, -0.25) is 4.98 Å². The molecule has 0 saturated heterocycles. The lowest BCUT2D eigenvalue weighted by Gasteiger charge is -2.31. The van der Waals surface area contributed by atoms with Gasteiger partial charge in [0.2, 0.25) is 0 Å². The summed E-state index contributed by atoms with van der Waals surface area (Å²) in [6.07, 6.45) is 7.59. The number of hydrogen-bond donors (Lipinski definition) is 1. The highest BCUT2D eigenvalue weighted by Gasteiger charge is 2.26. The van der Waals surface area contributed by atoms with Crippen molar-refractivity contribution in [2.75, 3.05) is 0 Å². The molecular weight excluding hydrogens is 203 g/mol. The van der Waals surface area contributed by atoms with E-state index in [9.17, 15) is 4.39 Å². The largest absolute Gasteiger partial charge is 0.324 e. The highest BCUT2D eigenvalue weighted by Crippen LogP contribution is 2.36. The molecule has 1 heterocycles. The summed E-state index contributed by atoms with van der Waals surface area (Å²) in [6.45, 7) is 2.25. The Morgan fingerprint density at radius 2 is 2.31 bits per heavy atom. The number of aromatic nitrogens is 1. The Hall–Kier alpha value is -0.960. The molecule has 0 aromatic carbocycles. The molecule has 3 atom stereocenters. The molecule has 3 unspecified atom stereocenters. The SMILES string of the molecule is CC1CCCC(C(N)c2ccncc2F)C1. The first-order valence-electron chi connectivity index (χ1n) is 6.03. The number of nitrogens with zero attached hydrogens (tertiary/aromatic N) is 1. The molecule has 3 heteroatoms. The van der Waals surface area contributed by atoms with Gasteiger partial charge in [-0.2, -0.15) is 0 Å². The van der Waals surface area contributed by atoms with Gasteiger partial charge in [0.25, 0.3) is 0 Å². The van der Waals surface area contributed by atoms with E-state index in [0.717, 1.165) is 18.8 Å². The van der Waals surface area contributed by atoms with Crippen molar-refractivity contribution in [2.45, 2.75) is 38.6 Å². The Kier molecular flexibility index (Phi) is 3.54. The predicted molar refractivity (Wildman–Crippen MR) is 62.2 cm³/mol. The third kappa shape index (κ3) is 2.40. The second kappa shape index (κ2) is 4.91. The molecule has 0 radical (unpaired) electrons. The van der Waals surface area contributed by atoms with E-state index >= 15 is 0 Å². The Labute approximate surface area is 96.1 Å². The number of hydrogen-bond acceptors (Lipinski definition) is 2. The normalized spacial score (nSPS) is 27.7. The van der Waals surface area contributed by atoms with Gasteiger partial charge in [-0.15, -0.1) is 0 Å². The number of pyridine rings is 1. The van der Waals surface area contributed by atoms with Gasteiger partial charge >= 0.3 is 0 Å². The van der Waals surface area contributed by atoms with Crippen LogP contribution in [-0.4, -0.2) is 4.98 Å². The molecule has 2 rings (SSSR count). The fourth-order valence-corrected chi connectivity index (χ4v) is 2.72. The maximum atomic E-state index is 13.5. The van der Waals surface area contributed by atoms with E-state index in [1.165, 1.54) is 19.0 Å². The molecule has 16 heavy (non-hydrogen) atoms. The Balaban J connectivity index is 2.12. The zero-order valence-corrected chi connectivity index (χ0v) is 9.70. The highest BCUT2D eigenvalue weighted by atomic mass is 19.1. The highest BCUT2D eigenvalue weighted by molar-refractivity contribution is 5.18. The van der Waals surface area contributed by atoms with Gasteiger partial charge in [0.05, 0.1) is 6.20 Å². The molecule has 1 saturated carbocycles. The third-order valence-corrected chi connectivity index (χ3v) is 3.65. The molecule has 1 fully saturated rings. The van der Waals surface area contributed by atoms with Gasteiger partial charge in [0.15, 0.2) is 0 Å². The molecular formula is C13H19FN2. The summed E-state index contributed by atoms with van der Waals surface area (Å²) >= 11 is 0. The van der Waals surface area contributed by atoms with Gasteiger partial charge < -0.3 is 5.73 Å². The van der Waals surface area contributed by atoms with Crippen molar-refractivity contribution in [1.82, 2.24) is 4.98 Å². The summed E-state index contributed by atoms with van der Waals surface area (Å²) in [6, 6.07) is 1.53. The molecule has 0 amide bonds. The minimum absolute atomic E-state index is 0.175. The van der Waals surface area contributed by atoms with Crippen LogP contribution in [0.4, 0.5) is 4.39 Å². The first-order chi connectivity index (χ1) is 7.68. The van der Waals surface area contributed by atoms with Gasteiger partial charge in [-0.05, 0) is 30.7 Å². The maximum Gasteiger partial charge on any atom is 0.146 e. The summed E-state index contributed by atoms with van der Waals surface area (Å²) in [5.41, 5.74) is 6.78. The topological polar surface area (TPSA) is 38.9 Å². The standard InChI is InChI=1S/C13H19FN2/c1-9-3-2-4-10(7-9)13(15)11-5-6-16-8-12(11)14/h5-6,8-10,13H,2-4,7,15H2,1H3. The number of halogens is 1. The molecule has 2 N–H and O–H groups in total. The van der Waals surface area contributed by atoms with Crippen LogP contribution in [-0.2, 0) is 0 Å². The summed E-state index contributed by atoms with van der Waals surface area (Å²) in [7, 11) is 0. The Morgan fingerprint density at radius 3 is 3.00 bits per heavy atom. The fourth-order valence-electron chi connectivity index (χ4n) is 2.72. The molecule has 1 aliphatic carbocycles. The fraction of sp³-hybridized carbons (Fsp3) is 0.615. The predicted octanol–water partition coefficient (Wildman–Crippen LogP) is 3.05. The van der Waals surface area contributed by atoms with E-state index < -0.39 is 0 Å². The summed E-state index contributed by atoms with van der Waals surface area (Å²) in [5, 5.41) is 0. The summed E-state index contributed by atoms with van der Waals surface area (Å²) in [5.74, 6) is 0.864. The maximum absolute atomic E-state index is 13.5. The minimum Gasteiger partial charge on any atom is -0.324 e. The van der Waals surface area contributed by atoms with Crippen molar-refractivity contribution in [3.05, 3.63) is 29.8 Å². The first-order valence-corrected chi connectivity index (χ1v) is 6.03. The quantitative estimate of drug-likeness (QED) is 0.835. The zero-order valence-electron chi connectivity index (χ0n) is 9.70.